The van der Waals surface area contributed by atoms with Gasteiger partial charge in [-0.25, -0.2) is 4.79 Å². The Labute approximate surface area is 238 Å². The largest absolute Gasteiger partial charge is 0.338 e. The summed E-state index contributed by atoms with van der Waals surface area (Å²) >= 11 is 0. The number of rotatable bonds is 8. The summed E-state index contributed by atoms with van der Waals surface area (Å²) in [5, 5.41) is 6.30. The molecule has 6 nitrogen and oxygen atoms in total. The van der Waals surface area contributed by atoms with Crippen LogP contribution in [0.5, 0.6) is 0 Å². The summed E-state index contributed by atoms with van der Waals surface area (Å²) < 4.78 is 0. The van der Waals surface area contributed by atoms with Crippen LogP contribution in [0.3, 0.4) is 0 Å². The van der Waals surface area contributed by atoms with Crippen molar-refractivity contribution in [3.8, 4) is 0 Å². The molecule has 0 saturated carbocycles. The summed E-state index contributed by atoms with van der Waals surface area (Å²) in [6.45, 7) is 10.4. The Kier molecular flexibility index (Phi) is 8.55. The van der Waals surface area contributed by atoms with Crippen molar-refractivity contribution in [2.75, 3.05) is 31.5 Å². The van der Waals surface area contributed by atoms with Crippen LogP contribution < -0.4 is 10.6 Å². The van der Waals surface area contributed by atoms with Crippen LogP contribution in [0.25, 0.3) is 0 Å². The predicted molar refractivity (Wildman–Crippen MR) is 161 cm³/mol. The van der Waals surface area contributed by atoms with E-state index in [1.165, 1.54) is 11.1 Å². The molecule has 5 rings (SSSR count). The van der Waals surface area contributed by atoms with Gasteiger partial charge in [0.2, 0.25) is 5.91 Å². The first-order valence-corrected chi connectivity index (χ1v) is 14.6. The number of aryl methyl sites for hydroxylation is 3. The van der Waals surface area contributed by atoms with Gasteiger partial charge in [0.1, 0.15) is 0 Å². The molecule has 210 valence electrons. The zero-order valence-electron chi connectivity index (χ0n) is 24.1. The minimum Gasteiger partial charge on any atom is -0.338 e. The fraction of sp³-hybridized carbons (Fsp3) is 0.412. The molecular weight excluding hydrogens is 496 g/mol. The minimum absolute atomic E-state index is 0.0977. The van der Waals surface area contributed by atoms with Crippen LogP contribution in [0.15, 0.2) is 72.8 Å². The monoisotopic (exact) mass is 538 g/mol. The van der Waals surface area contributed by atoms with Gasteiger partial charge in [-0.1, -0.05) is 78.4 Å². The SMILES string of the molecule is Cc1ccc(CN2CCC3(CCN(CCC(NC(=O)Nc4c(C)cccc4C)c4ccccc4)CC3)C2=O)cc1. The zero-order chi connectivity index (χ0) is 28.1. The summed E-state index contributed by atoms with van der Waals surface area (Å²) in [5.74, 6) is 0.333. The summed E-state index contributed by atoms with van der Waals surface area (Å²) in [4.78, 5) is 31.1. The lowest BCUT2D eigenvalue weighted by atomic mass is 9.77. The molecule has 1 atom stereocenters. The normalized spacial score (nSPS) is 17.7. The van der Waals surface area contributed by atoms with Gasteiger partial charge in [-0.2, -0.15) is 0 Å². The van der Waals surface area contributed by atoms with Gasteiger partial charge in [-0.15, -0.1) is 0 Å². The maximum absolute atomic E-state index is 13.5. The number of nitrogens with one attached hydrogen (secondary N) is 2. The minimum atomic E-state index is -0.205. The molecule has 0 radical (unpaired) electrons. The quantitative estimate of drug-likeness (QED) is 0.350. The van der Waals surface area contributed by atoms with Crippen molar-refractivity contribution in [2.45, 2.75) is 59.0 Å². The van der Waals surface area contributed by atoms with Crippen molar-refractivity contribution in [1.29, 1.82) is 0 Å². The lowest BCUT2D eigenvalue weighted by Crippen LogP contribution is -2.45. The van der Waals surface area contributed by atoms with E-state index >= 15 is 0 Å². The van der Waals surface area contributed by atoms with Gasteiger partial charge < -0.3 is 20.4 Å². The second-order valence-electron chi connectivity index (χ2n) is 11.7. The predicted octanol–water partition coefficient (Wildman–Crippen LogP) is 6.38. The zero-order valence-corrected chi connectivity index (χ0v) is 24.1. The number of hydrogen-bond acceptors (Lipinski definition) is 3. The van der Waals surface area contributed by atoms with Crippen LogP contribution in [0, 0.1) is 26.2 Å². The van der Waals surface area contributed by atoms with Gasteiger partial charge >= 0.3 is 6.03 Å². The number of nitrogens with zero attached hydrogens (tertiary/aromatic N) is 2. The number of urea groups is 1. The molecule has 2 saturated heterocycles. The molecule has 0 aromatic heterocycles. The fourth-order valence-electron chi connectivity index (χ4n) is 6.26. The highest BCUT2D eigenvalue weighted by Crippen LogP contribution is 2.42. The molecule has 3 amide bonds. The maximum atomic E-state index is 13.5. The Morgan fingerprint density at radius 2 is 1.50 bits per heavy atom. The van der Waals surface area contributed by atoms with Crippen molar-refractivity contribution >= 4 is 17.6 Å². The standard InChI is InChI=1S/C34H42N4O2/c1-25-12-14-28(15-13-25)24-38-23-19-34(32(38)39)17-21-37(22-18-34)20-16-30(29-10-5-4-6-11-29)35-33(40)36-31-26(2)8-7-9-27(31)3/h4-15,30H,16-24H2,1-3H3,(H2,35,36,40). The highest BCUT2D eigenvalue weighted by molar-refractivity contribution is 5.91. The van der Waals surface area contributed by atoms with Crippen LogP contribution in [-0.4, -0.2) is 47.9 Å². The Morgan fingerprint density at radius 1 is 0.850 bits per heavy atom. The van der Waals surface area contributed by atoms with Crippen molar-refractivity contribution < 1.29 is 9.59 Å². The van der Waals surface area contributed by atoms with E-state index < -0.39 is 0 Å². The Hall–Kier alpha value is -3.64. The highest BCUT2D eigenvalue weighted by Gasteiger charge is 2.47. The van der Waals surface area contributed by atoms with Crippen molar-refractivity contribution in [3.05, 3.63) is 101 Å². The average molecular weight is 539 g/mol. The molecule has 6 heteroatoms. The number of carbonyl (C=O) groups excluding carboxylic acids is 2. The van der Waals surface area contributed by atoms with Gasteiger partial charge in [0.25, 0.3) is 0 Å². The van der Waals surface area contributed by atoms with E-state index in [9.17, 15) is 9.59 Å². The van der Waals surface area contributed by atoms with E-state index in [0.717, 1.165) is 74.2 Å². The van der Waals surface area contributed by atoms with Gasteiger partial charge in [0.15, 0.2) is 0 Å². The summed E-state index contributed by atoms with van der Waals surface area (Å²) in [5.41, 5.74) is 6.31. The number of hydrogen-bond donors (Lipinski definition) is 2. The van der Waals surface area contributed by atoms with Gasteiger partial charge in [-0.05, 0) is 81.8 Å². The lowest BCUT2D eigenvalue weighted by Gasteiger charge is -2.38. The van der Waals surface area contributed by atoms with Gasteiger partial charge in [-0.3, -0.25) is 4.79 Å². The van der Waals surface area contributed by atoms with Crippen LogP contribution >= 0.6 is 0 Å². The Bertz CT molecular complexity index is 1290. The molecule has 3 aromatic rings. The van der Waals surface area contributed by atoms with E-state index in [0.29, 0.717) is 12.5 Å². The summed E-state index contributed by atoms with van der Waals surface area (Å²) in [6.07, 6.45) is 3.59. The van der Waals surface area contributed by atoms with E-state index in [-0.39, 0.29) is 17.5 Å². The molecule has 1 spiro atoms. The van der Waals surface area contributed by atoms with E-state index in [4.69, 9.17) is 0 Å². The molecule has 2 fully saturated rings. The first kappa shape index (κ1) is 27.9. The second kappa shape index (κ2) is 12.3. The molecule has 2 aliphatic heterocycles. The molecule has 2 N–H and O–H groups in total. The number of amides is 3. The number of carbonyl (C=O) groups is 2. The van der Waals surface area contributed by atoms with E-state index in [2.05, 4.69) is 63.8 Å². The summed E-state index contributed by atoms with van der Waals surface area (Å²) in [7, 11) is 0. The molecule has 0 bridgehead atoms. The van der Waals surface area contributed by atoms with Gasteiger partial charge in [0, 0.05) is 25.3 Å². The molecule has 0 aliphatic carbocycles. The van der Waals surface area contributed by atoms with Crippen molar-refractivity contribution in [1.82, 2.24) is 15.1 Å². The number of likely N-dealkylation sites (tertiary alicyclic amines) is 2. The Balaban J connectivity index is 1.16. The smallest absolute Gasteiger partial charge is 0.319 e. The lowest BCUT2D eigenvalue weighted by molar-refractivity contribution is -0.138. The number of piperidine rings is 1. The Morgan fingerprint density at radius 3 is 2.17 bits per heavy atom. The highest BCUT2D eigenvalue weighted by atomic mass is 16.2. The van der Waals surface area contributed by atoms with Crippen molar-refractivity contribution in [2.24, 2.45) is 5.41 Å². The van der Waals surface area contributed by atoms with Crippen LogP contribution in [0.1, 0.15) is 59.5 Å². The molecular formula is C34H42N4O2. The third-order valence-corrected chi connectivity index (χ3v) is 8.87. The van der Waals surface area contributed by atoms with Crippen LogP contribution in [0.4, 0.5) is 10.5 Å². The van der Waals surface area contributed by atoms with Crippen LogP contribution in [0.2, 0.25) is 0 Å². The topological polar surface area (TPSA) is 64.7 Å². The summed E-state index contributed by atoms with van der Waals surface area (Å²) in [6, 6.07) is 24.5. The third-order valence-electron chi connectivity index (χ3n) is 8.87. The second-order valence-corrected chi connectivity index (χ2v) is 11.7. The third kappa shape index (κ3) is 6.39. The molecule has 2 heterocycles. The molecule has 2 aliphatic rings. The first-order valence-electron chi connectivity index (χ1n) is 14.6. The van der Waals surface area contributed by atoms with Crippen LogP contribution in [-0.2, 0) is 11.3 Å². The molecule has 3 aromatic carbocycles. The maximum Gasteiger partial charge on any atom is 0.319 e. The fourth-order valence-corrected chi connectivity index (χ4v) is 6.26. The average Bonchev–Trinajstić information content (AvgIpc) is 3.25. The van der Waals surface area contributed by atoms with Crippen molar-refractivity contribution in [3.63, 3.8) is 0 Å². The first-order chi connectivity index (χ1) is 19.3. The number of para-hydroxylation sites is 1. The van der Waals surface area contributed by atoms with E-state index in [1.54, 1.807) is 0 Å². The number of benzene rings is 3. The molecule has 1 unspecified atom stereocenters. The van der Waals surface area contributed by atoms with Gasteiger partial charge in [0.05, 0.1) is 11.5 Å². The van der Waals surface area contributed by atoms with E-state index in [1.807, 2.05) is 50.2 Å². The number of anilines is 1. The molecule has 40 heavy (non-hydrogen) atoms.